The summed E-state index contributed by atoms with van der Waals surface area (Å²) in [6.45, 7) is 3.32. The van der Waals surface area contributed by atoms with E-state index in [0.29, 0.717) is 22.6 Å². The molecule has 2 aliphatic carbocycles. The van der Waals surface area contributed by atoms with E-state index in [1.807, 2.05) is 0 Å². The average molecular weight is 552 g/mol. The van der Waals surface area contributed by atoms with E-state index in [-0.39, 0.29) is 68.4 Å². The van der Waals surface area contributed by atoms with Gasteiger partial charge in [-0.05, 0) is 55.3 Å². The predicted molar refractivity (Wildman–Crippen MR) is 128 cm³/mol. The van der Waals surface area contributed by atoms with Crippen LogP contribution in [0, 0.1) is 18.8 Å². The van der Waals surface area contributed by atoms with Crippen LogP contribution in [0.5, 0.6) is 0 Å². The first-order valence-corrected chi connectivity index (χ1v) is 12.9. The maximum Gasteiger partial charge on any atom is 0.276 e. The van der Waals surface area contributed by atoms with Crippen molar-refractivity contribution < 1.29 is 31.8 Å². The Bertz CT molecular complexity index is 1360. The molecule has 210 valence electrons. The van der Waals surface area contributed by atoms with Crippen LogP contribution in [0.1, 0.15) is 91.4 Å². The third-order valence-corrected chi connectivity index (χ3v) is 7.59. The van der Waals surface area contributed by atoms with Crippen molar-refractivity contribution in [2.24, 2.45) is 11.8 Å². The fourth-order valence-corrected chi connectivity index (χ4v) is 5.35. The molecule has 2 fully saturated rings. The Morgan fingerprint density at radius 2 is 1.85 bits per heavy atom. The molecule has 10 nitrogen and oxygen atoms in total. The van der Waals surface area contributed by atoms with E-state index in [2.05, 4.69) is 35.7 Å². The molecule has 3 heterocycles. The van der Waals surface area contributed by atoms with Crippen LogP contribution in [0.15, 0.2) is 23.1 Å². The third kappa shape index (κ3) is 6.04. The van der Waals surface area contributed by atoms with E-state index >= 15 is 0 Å². The summed E-state index contributed by atoms with van der Waals surface area (Å²) in [5.41, 5.74) is 1.82. The normalized spacial score (nSPS) is 20.8. The number of carbonyl (C=O) groups excluding carboxylic acids is 2. The Balaban J connectivity index is 1.33. The number of hydrogen-bond acceptors (Lipinski definition) is 7. The Morgan fingerprint density at radius 1 is 1.13 bits per heavy atom. The molecule has 2 N–H and O–H groups in total. The minimum atomic E-state index is -2.74. The van der Waals surface area contributed by atoms with Gasteiger partial charge in [-0.25, -0.2) is 31.7 Å². The fraction of sp³-hybridized carbons (Fsp3) is 0.600. The van der Waals surface area contributed by atoms with E-state index in [1.165, 1.54) is 4.52 Å². The van der Waals surface area contributed by atoms with Crippen molar-refractivity contribution in [3.8, 4) is 0 Å². The number of aryl methyl sites for hydroxylation is 1. The molecule has 14 heteroatoms. The number of carbonyl (C=O) groups is 2. The van der Waals surface area contributed by atoms with Gasteiger partial charge in [-0.2, -0.15) is 5.10 Å². The molecule has 0 spiro atoms. The Kier molecular flexibility index (Phi) is 7.06. The van der Waals surface area contributed by atoms with Crippen LogP contribution in [0.25, 0.3) is 5.65 Å². The first-order chi connectivity index (χ1) is 18.4. The van der Waals surface area contributed by atoms with Gasteiger partial charge in [0.15, 0.2) is 11.3 Å². The van der Waals surface area contributed by atoms with Crippen molar-refractivity contribution in [2.75, 3.05) is 0 Å². The SMILES string of the molecule is Cc1nonc1C(=O)N[C@H](c1cn2ncc([C@@H](C)NC(=O)CC3CC(F)(F)C3)cc2n1)C1CCC(F)(F)CC1. The zero-order valence-electron chi connectivity index (χ0n) is 21.5. The van der Waals surface area contributed by atoms with Crippen LogP contribution >= 0.6 is 0 Å². The van der Waals surface area contributed by atoms with Crippen LogP contribution in [0.4, 0.5) is 17.6 Å². The highest BCUT2D eigenvalue weighted by molar-refractivity contribution is 5.93. The summed E-state index contributed by atoms with van der Waals surface area (Å²) in [5.74, 6) is -6.91. The quantitative estimate of drug-likeness (QED) is 0.399. The van der Waals surface area contributed by atoms with E-state index in [4.69, 9.17) is 0 Å². The minimum Gasteiger partial charge on any atom is -0.350 e. The van der Waals surface area contributed by atoms with Gasteiger partial charge in [0.05, 0.1) is 30.2 Å². The Morgan fingerprint density at radius 3 is 2.49 bits per heavy atom. The van der Waals surface area contributed by atoms with Crippen molar-refractivity contribution in [3.05, 3.63) is 41.1 Å². The molecule has 0 radical (unpaired) electrons. The lowest BCUT2D eigenvalue weighted by molar-refractivity contribution is -0.134. The molecule has 0 saturated heterocycles. The Hall–Kier alpha value is -3.58. The van der Waals surface area contributed by atoms with E-state index < -0.39 is 29.8 Å². The standard InChI is InChI=1S/C25H29F4N7O3/c1-13(31-20(37)7-15-9-25(28,29)10-15)17-8-19-32-18(12-36(19)30-11-17)22(16-3-5-24(26,27)6-4-16)33-23(38)21-14(2)34-39-35-21/h8,11-13,15-16,22H,3-7,9-10H2,1-2H3,(H,31,37)(H,33,38)/t13-,22+/m1/s1. The second-order valence-corrected chi connectivity index (χ2v) is 10.7. The van der Waals surface area contributed by atoms with Crippen LogP contribution in [-0.4, -0.2) is 48.6 Å². The number of nitrogens with one attached hydrogen (secondary N) is 2. The highest BCUT2D eigenvalue weighted by atomic mass is 19.3. The maximum atomic E-state index is 13.9. The number of hydrogen-bond donors (Lipinski definition) is 2. The first kappa shape index (κ1) is 27.0. The smallest absolute Gasteiger partial charge is 0.276 e. The van der Waals surface area contributed by atoms with Gasteiger partial charge in [0, 0.05) is 32.1 Å². The molecule has 0 bridgehead atoms. The molecule has 2 saturated carbocycles. The second-order valence-electron chi connectivity index (χ2n) is 10.7. The zero-order chi connectivity index (χ0) is 27.9. The molecule has 2 aliphatic rings. The lowest BCUT2D eigenvalue weighted by atomic mass is 9.79. The first-order valence-electron chi connectivity index (χ1n) is 12.9. The van der Waals surface area contributed by atoms with Gasteiger partial charge in [0.1, 0.15) is 5.69 Å². The van der Waals surface area contributed by atoms with E-state index in [0.717, 1.165) is 0 Å². The van der Waals surface area contributed by atoms with Crippen molar-refractivity contribution in [2.45, 2.75) is 82.7 Å². The highest BCUT2D eigenvalue weighted by Crippen LogP contribution is 2.44. The summed E-state index contributed by atoms with van der Waals surface area (Å²) in [6, 6.07) is 0.584. The minimum absolute atomic E-state index is 0.000464. The maximum absolute atomic E-state index is 13.9. The number of alkyl halides is 4. The van der Waals surface area contributed by atoms with Crippen molar-refractivity contribution in [1.82, 2.24) is 35.5 Å². The molecule has 0 unspecified atom stereocenters. The van der Waals surface area contributed by atoms with E-state index in [1.54, 1.807) is 32.3 Å². The number of halogens is 4. The predicted octanol–water partition coefficient (Wildman–Crippen LogP) is 4.33. The molecule has 39 heavy (non-hydrogen) atoms. The lowest BCUT2D eigenvalue weighted by Gasteiger charge is -2.34. The van der Waals surface area contributed by atoms with Crippen molar-refractivity contribution >= 4 is 17.5 Å². The number of nitrogens with zero attached hydrogens (tertiary/aromatic N) is 5. The van der Waals surface area contributed by atoms with Crippen LogP contribution in [0.3, 0.4) is 0 Å². The number of fused-ring (bicyclic) bond motifs is 1. The monoisotopic (exact) mass is 551 g/mol. The van der Waals surface area contributed by atoms with E-state index in [9.17, 15) is 27.2 Å². The van der Waals surface area contributed by atoms with Gasteiger partial charge in [-0.15, -0.1) is 0 Å². The molecule has 2 amide bonds. The molecule has 0 aromatic carbocycles. The zero-order valence-corrected chi connectivity index (χ0v) is 21.5. The van der Waals surface area contributed by atoms with Crippen molar-refractivity contribution in [3.63, 3.8) is 0 Å². The van der Waals surface area contributed by atoms with Gasteiger partial charge in [0.25, 0.3) is 5.91 Å². The van der Waals surface area contributed by atoms with Gasteiger partial charge >= 0.3 is 0 Å². The van der Waals surface area contributed by atoms with Gasteiger partial charge in [-0.3, -0.25) is 9.59 Å². The lowest BCUT2D eigenvalue weighted by Crippen LogP contribution is -2.39. The summed E-state index contributed by atoms with van der Waals surface area (Å²) in [5, 5.41) is 17.3. The fourth-order valence-electron chi connectivity index (χ4n) is 5.35. The van der Waals surface area contributed by atoms with Gasteiger partial charge < -0.3 is 10.6 Å². The summed E-state index contributed by atoms with van der Waals surface area (Å²) in [6.07, 6.45) is 2.47. The van der Waals surface area contributed by atoms with Crippen LogP contribution < -0.4 is 10.6 Å². The number of aromatic nitrogens is 5. The largest absolute Gasteiger partial charge is 0.350 e. The van der Waals surface area contributed by atoms with Crippen molar-refractivity contribution in [1.29, 1.82) is 0 Å². The van der Waals surface area contributed by atoms with Gasteiger partial charge in [-0.1, -0.05) is 5.16 Å². The molecule has 3 aromatic rings. The summed E-state index contributed by atoms with van der Waals surface area (Å²) in [4.78, 5) is 29.9. The topological polar surface area (TPSA) is 127 Å². The molecular weight excluding hydrogens is 522 g/mol. The van der Waals surface area contributed by atoms with Crippen LogP contribution in [0.2, 0.25) is 0 Å². The third-order valence-electron chi connectivity index (χ3n) is 7.59. The van der Waals surface area contributed by atoms with Crippen LogP contribution in [-0.2, 0) is 4.79 Å². The molecule has 5 rings (SSSR count). The number of imidazole rings is 1. The average Bonchev–Trinajstić information content (AvgIpc) is 3.47. The summed E-state index contributed by atoms with van der Waals surface area (Å²) in [7, 11) is 0. The Labute approximate surface area is 220 Å². The summed E-state index contributed by atoms with van der Waals surface area (Å²) < 4.78 is 60.0. The molecule has 0 aliphatic heterocycles. The van der Waals surface area contributed by atoms with Gasteiger partial charge in [0.2, 0.25) is 17.8 Å². The second kappa shape index (κ2) is 10.2. The molecular formula is C25H29F4N7O3. The summed E-state index contributed by atoms with van der Waals surface area (Å²) >= 11 is 0. The number of amides is 2. The molecule has 2 atom stereocenters. The molecule has 3 aromatic heterocycles. The highest BCUT2D eigenvalue weighted by Gasteiger charge is 2.45. The number of rotatable bonds is 8.